The molecule has 10 nitrogen and oxygen atoms in total. The van der Waals surface area contributed by atoms with Gasteiger partial charge >= 0.3 is 11.9 Å². The van der Waals surface area contributed by atoms with Crippen LogP contribution in [0.15, 0.2) is 6.07 Å². The summed E-state index contributed by atoms with van der Waals surface area (Å²) >= 11 is 0. The predicted molar refractivity (Wildman–Crippen MR) is 101 cm³/mol. The average Bonchev–Trinajstić information content (AvgIpc) is 3.20. The summed E-state index contributed by atoms with van der Waals surface area (Å²) in [5.41, 5.74) is 2.96. The minimum atomic E-state index is -0.840. The van der Waals surface area contributed by atoms with Crippen LogP contribution in [0.2, 0.25) is 0 Å². The van der Waals surface area contributed by atoms with Gasteiger partial charge in [0.2, 0.25) is 5.78 Å². The Hall–Kier alpha value is -3.56. The number of aryl methyl sites for hydroxylation is 3. The van der Waals surface area contributed by atoms with Crippen LogP contribution in [0.1, 0.15) is 61.0 Å². The highest BCUT2D eigenvalue weighted by Gasteiger charge is 2.24. The first-order chi connectivity index (χ1) is 13.7. The molecule has 0 aliphatic rings. The lowest BCUT2D eigenvalue weighted by molar-refractivity contribution is 0.0460. The first-order valence-corrected chi connectivity index (χ1v) is 9.00. The number of hydrogen-bond donors (Lipinski definition) is 1. The van der Waals surface area contributed by atoms with Crippen molar-refractivity contribution < 1.29 is 23.9 Å². The van der Waals surface area contributed by atoms with E-state index < -0.39 is 24.3 Å². The molecule has 3 aromatic rings. The van der Waals surface area contributed by atoms with Crippen LogP contribution in [-0.4, -0.2) is 55.5 Å². The van der Waals surface area contributed by atoms with Crippen molar-refractivity contribution in [3.8, 4) is 0 Å². The SMILES string of the molecule is CCOC(=O)c1c(C)[nH]c(C(=O)COC(=O)c2nc3nc(C)cc(C)n3n2)c1C. The monoisotopic (exact) mass is 399 g/mol. The van der Waals surface area contributed by atoms with Gasteiger partial charge in [-0.05, 0) is 46.2 Å². The van der Waals surface area contributed by atoms with Crippen molar-refractivity contribution >= 4 is 23.5 Å². The Labute approximate surface area is 166 Å². The van der Waals surface area contributed by atoms with Gasteiger partial charge in [0.1, 0.15) is 0 Å². The van der Waals surface area contributed by atoms with Crippen molar-refractivity contribution in [2.75, 3.05) is 13.2 Å². The van der Waals surface area contributed by atoms with Crippen LogP contribution in [0.3, 0.4) is 0 Å². The van der Waals surface area contributed by atoms with Crippen molar-refractivity contribution in [2.45, 2.75) is 34.6 Å². The summed E-state index contributed by atoms with van der Waals surface area (Å²) in [7, 11) is 0. The lowest BCUT2D eigenvalue weighted by atomic mass is 10.1. The van der Waals surface area contributed by atoms with Crippen LogP contribution in [0.5, 0.6) is 0 Å². The zero-order chi connectivity index (χ0) is 21.3. The number of ketones is 1. The van der Waals surface area contributed by atoms with Crippen molar-refractivity contribution in [2.24, 2.45) is 0 Å². The molecule has 0 amide bonds. The third-order valence-corrected chi connectivity index (χ3v) is 4.33. The van der Waals surface area contributed by atoms with E-state index >= 15 is 0 Å². The zero-order valence-corrected chi connectivity index (χ0v) is 16.8. The van der Waals surface area contributed by atoms with E-state index in [2.05, 4.69) is 20.1 Å². The summed E-state index contributed by atoms with van der Waals surface area (Å²) in [6, 6.07) is 1.80. The molecule has 3 heterocycles. The summed E-state index contributed by atoms with van der Waals surface area (Å²) < 4.78 is 11.5. The highest BCUT2D eigenvalue weighted by Crippen LogP contribution is 2.19. The van der Waals surface area contributed by atoms with E-state index in [1.54, 1.807) is 26.8 Å². The minimum Gasteiger partial charge on any atom is -0.462 e. The van der Waals surface area contributed by atoms with Gasteiger partial charge in [0.15, 0.2) is 6.61 Å². The maximum atomic E-state index is 12.5. The Morgan fingerprint density at radius 2 is 1.79 bits per heavy atom. The van der Waals surface area contributed by atoms with Crippen LogP contribution in [0, 0.1) is 27.7 Å². The van der Waals surface area contributed by atoms with Crippen LogP contribution >= 0.6 is 0 Å². The van der Waals surface area contributed by atoms with Crippen molar-refractivity contribution in [1.82, 2.24) is 24.6 Å². The fraction of sp³-hybridized carbons (Fsp3) is 0.368. The summed E-state index contributed by atoms with van der Waals surface area (Å²) in [6.07, 6.45) is 0. The number of aromatic nitrogens is 5. The molecule has 0 aliphatic carbocycles. The zero-order valence-electron chi connectivity index (χ0n) is 16.8. The molecule has 0 unspecified atom stereocenters. The second-order valence-electron chi connectivity index (χ2n) is 6.53. The molecule has 1 N–H and O–H groups in total. The van der Waals surface area contributed by atoms with E-state index in [-0.39, 0.29) is 23.9 Å². The maximum Gasteiger partial charge on any atom is 0.378 e. The first-order valence-electron chi connectivity index (χ1n) is 9.00. The van der Waals surface area contributed by atoms with Gasteiger partial charge in [-0.2, -0.15) is 4.98 Å². The van der Waals surface area contributed by atoms with E-state index in [9.17, 15) is 14.4 Å². The molecule has 0 bridgehead atoms. The Kier molecular flexibility index (Phi) is 5.44. The quantitative estimate of drug-likeness (QED) is 0.492. The largest absolute Gasteiger partial charge is 0.462 e. The third kappa shape index (κ3) is 3.86. The van der Waals surface area contributed by atoms with Crippen molar-refractivity contribution in [3.05, 3.63) is 45.8 Å². The number of esters is 2. The van der Waals surface area contributed by atoms with Crippen LogP contribution in [-0.2, 0) is 9.47 Å². The molecule has 10 heteroatoms. The molecular formula is C19H21N5O5. The highest BCUT2D eigenvalue weighted by molar-refractivity contribution is 6.03. The molecule has 0 atom stereocenters. The van der Waals surface area contributed by atoms with Crippen LogP contribution in [0.25, 0.3) is 5.78 Å². The number of carbonyl (C=O) groups excluding carboxylic acids is 3. The molecule has 152 valence electrons. The number of hydrogen-bond acceptors (Lipinski definition) is 8. The molecular weight excluding hydrogens is 378 g/mol. The molecule has 0 saturated carbocycles. The van der Waals surface area contributed by atoms with Crippen LogP contribution < -0.4 is 0 Å². The van der Waals surface area contributed by atoms with Crippen molar-refractivity contribution in [1.29, 1.82) is 0 Å². The van der Waals surface area contributed by atoms with Gasteiger partial charge in [0, 0.05) is 17.1 Å². The summed E-state index contributed by atoms with van der Waals surface area (Å²) in [5.74, 6) is -1.75. The number of carbonyl (C=O) groups is 3. The molecule has 29 heavy (non-hydrogen) atoms. The molecule has 0 aromatic carbocycles. The van der Waals surface area contributed by atoms with Gasteiger partial charge in [-0.25, -0.2) is 19.1 Å². The van der Waals surface area contributed by atoms with Gasteiger partial charge in [-0.3, -0.25) is 4.79 Å². The number of H-pyrrole nitrogens is 1. The van der Waals surface area contributed by atoms with E-state index in [0.717, 1.165) is 11.4 Å². The Morgan fingerprint density at radius 3 is 2.48 bits per heavy atom. The van der Waals surface area contributed by atoms with Crippen LogP contribution in [0.4, 0.5) is 0 Å². The molecule has 0 aliphatic heterocycles. The van der Waals surface area contributed by atoms with Crippen molar-refractivity contribution in [3.63, 3.8) is 0 Å². The molecule has 3 aromatic heterocycles. The topological polar surface area (TPSA) is 129 Å². The highest BCUT2D eigenvalue weighted by atomic mass is 16.5. The van der Waals surface area contributed by atoms with Gasteiger partial charge in [-0.1, -0.05) is 0 Å². The smallest absolute Gasteiger partial charge is 0.378 e. The summed E-state index contributed by atoms with van der Waals surface area (Å²) in [5, 5.41) is 4.07. The molecule has 0 fully saturated rings. The number of nitrogens with zero attached hydrogens (tertiary/aromatic N) is 4. The number of aromatic amines is 1. The number of nitrogens with one attached hydrogen (secondary N) is 1. The van der Waals surface area contributed by atoms with E-state index in [4.69, 9.17) is 9.47 Å². The third-order valence-electron chi connectivity index (χ3n) is 4.33. The lowest BCUT2D eigenvalue weighted by Crippen LogP contribution is -2.16. The standard InChI is InChI=1S/C19H21N5O5/c1-6-28-17(26)14-11(4)15(21-12(14)5)13(25)8-29-18(27)16-22-19-20-9(2)7-10(3)24(19)23-16/h7,21H,6,8H2,1-5H3. The lowest BCUT2D eigenvalue weighted by Gasteiger charge is -2.03. The molecule has 0 radical (unpaired) electrons. The fourth-order valence-corrected chi connectivity index (χ4v) is 3.06. The molecule has 0 spiro atoms. The molecule has 0 saturated heterocycles. The van der Waals surface area contributed by atoms with Gasteiger partial charge < -0.3 is 14.5 Å². The van der Waals surface area contributed by atoms with Gasteiger partial charge in [-0.15, -0.1) is 5.10 Å². The Balaban J connectivity index is 1.74. The maximum absolute atomic E-state index is 12.5. The second kappa shape index (κ2) is 7.82. The number of ether oxygens (including phenoxy) is 2. The minimum absolute atomic E-state index is 0.189. The Morgan fingerprint density at radius 1 is 1.07 bits per heavy atom. The number of rotatable bonds is 6. The number of fused-ring (bicyclic) bond motifs is 1. The summed E-state index contributed by atoms with van der Waals surface area (Å²) in [4.78, 5) is 47.9. The predicted octanol–water partition coefficient (Wildman–Crippen LogP) is 1.90. The normalized spacial score (nSPS) is 10.9. The molecule has 3 rings (SSSR count). The van der Waals surface area contributed by atoms with E-state index in [0.29, 0.717) is 16.8 Å². The number of Topliss-reactive ketones (excluding diaryl/α,β-unsaturated/α-hetero) is 1. The van der Waals surface area contributed by atoms with Gasteiger partial charge in [0.05, 0.1) is 17.9 Å². The average molecular weight is 399 g/mol. The second-order valence-corrected chi connectivity index (χ2v) is 6.53. The van der Waals surface area contributed by atoms with E-state index in [1.807, 2.05) is 13.8 Å². The van der Waals surface area contributed by atoms with Gasteiger partial charge in [0.25, 0.3) is 11.6 Å². The fourth-order valence-electron chi connectivity index (χ4n) is 3.06. The van der Waals surface area contributed by atoms with E-state index in [1.165, 1.54) is 4.52 Å². The first kappa shape index (κ1) is 20.2. The summed E-state index contributed by atoms with van der Waals surface area (Å²) in [6.45, 7) is 8.32. The Bertz CT molecular complexity index is 1130.